The molecule has 0 radical (unpaired) electrons. The summed E-state index contributed by atoms with van der Waals surface area (Å²) < 4.78 is 30.4. The van der Waals surface area contributed by atoms with Gasteiger partial charge in [-0.2, -0.15) is 0 Å². The molecule has 3 aliphatic carbocycles. The van der Waals surface area contributed by atoms with E-state index in [9.17, 15) is 18.4 Å². The van der Waals surface area contributed by atoms with E-state index in [1.165, 1.54) is 6.07 Å². The summed E-state index contributed by atoms with van der Waals surface area (Å²) in [5.41, 5.74) is -1.30. The Hall–Kier alpha value is -2.52. The second-order valence-corrected chi connectivity index (χ2v) is 8.40. The zero-order valence-corrected chi connectivity index (χ0v) is 16.9. The van der Waals surface area contributed by atoms with Crippen LogP contribution >= 0.6 is 23.2 Å². The van der Waals surface area contributed by atoms with Crippen LogP contribution in [0.25, 0.3) is 0 Å². The molecular formula is C19H16Cl2F2N4O3. The number of amides is 2. The summed E-state index contributed by atoms with van der Waals surface area (Å²) in [4.78, 5) is 31.7. The third-order valence-corrected chi connectivity index (χ3v) is 5.94. The minimum absolute atomic E-state index is 0.0303. The normalized spacial score (nSPS) is 23.9. The van der Waals surface area contributed by atoms with E-state index in [4.69, 9.17) is 27.9 Å². The summed E-state index contributed by atoms with van der Waals surface area (Å²) in [6.07, 6.45) is 0.903. The third kappa shape index (κ3) is 4.04. The first-order valence-electron chi connectivity index (χ1n) is 9.01. The quantitative estimate of drug-likeness (QED) is 0.666. The second kappa shape index (κ2) is 7.63. The smallest absolute Gasteiger partial charge is 0.281 e. The Kier molecular flexibility index (Phi) is 5.27. The van der Waals surface area contributed by atoms with Gasteiger partial charge in [0.15, 0.2) is 6.61 Å². The zero-order chi connectivity index (χ0) is 21.5. The Bertz CT molecular complexity index is 984. The van der Waals surface area contributed by atoms with Gasteiger partial charge >= 0.3 is 0 Å². The van der Waals surface area contributed by atoms with Crippen LogP contribution < -0.4 is 15.4 Å². The zero-order valence-electron chi connectivity index (χ0n) is 15.4. The van der Waals surface area contributed by atoms with E-state index in [1.807, 2.05) is 0 Å². The third-order valence-electron chi connectivity index (χ3n) is 5.20. The fourth-order valence-corrected chi connectivity index (χ4v) is 4.26. The van der Waals surface area contributed by atoms with Crippen LogP contribution in [-0.2, 0) is 4.79 Å². The van der Waals surface area contributed by atoms with E-state index >= 15 is 0 Å². The maximum absolute atomic E-state index is 12.5. The number of carbonyl (C=O) groups is 2. The molecule has 2 bridgehead atoms. The van der Waals surface area contributed by atoms with Crippen LogP contribution in [0.2, 0.25) is 10.0 Å². The fraction of sp³-hybridized carbons (Fsp3) is 0.368. The van der Waals surface area contributed by atoms with Gasteiger partial charge in [0, 0.05) is 17.1 Å². The number of nitrogens with one attached hydrogen (secondary N) is 2. The van der Waals surface area contributed by atoms with Crippen LogP contribution in [0.5, 0.6) is 5.75 Å². The molecule has 3 fully saturated rings. The first-order chi connectivity index (χ1) is 14.2. The lowest BCUT2D eigenvalue weighted by molar-refractivity contribution is -0.141. The minimum Gasteiger partial charge on any atom is -0.484 e. The number of benzene rings is 1. The number of aromatic nitrogens is 2. The first-order valence-corrected chi connectivity index (χ1v) is 9.76. The van der Waals surface area contributed by atoms with Crippen molar-refractivity contribution in [2.75, 3.05) is 6.61 Å². The number of rotatable bonds is 7. The molecule has 0 saturated heterocycles. The summed E-state index contributed by atoms with van der Waals surface area (Å²) in [6.45, 7) is -0.175. The lowest BCUT2D eigenvalue weighted by atomic mass is 9.44. The van der Waals surface area contributed by atoms with Crippen LogP contribution in [0.15, 0.2) is 30.6 Å². The van der Waals surface area contributed by atoms with E-state index in [-0.39, 0.29) is 23.7 Å². The molecule has 30 heavy (non-hydrogen) atoms. The standard InChI is InChI=1S/C19H16Cl2F2N4O3/c20-11-2-1-10(3-12(11)21)30-6-15(28)26-18-7-19(8-18,9-18)27-17(29)14-5-24-13(4-25-14)16(22)23/h1-5,16H,6-9H2,(H,26,28)(H,27,29). The summed E-state index contributed by atoms with van der Waals surface area (Å²) in [5, 5.41) is 6.51. The molecular weight excluding hydrogens is 441 g/mol. The van der Waals surface area contributed by atoms with Crippen molar-refractivity contribution in [2.45, 2.75) is 36.8 Å². The number of halogens is 4. The minimum atomic E-state index is -2.74. The fourth-order valence-electron chi connectivity index (χ4n) is 3.97. The highest BCUT2D eigenvalue weighted by Crippen LogP contribution is 2.60. The van der Waals surface area contributed by atoms with E-state index in [0.29, 0.717) is 35.1 Å². The molecule has 0 spiro atoms. The SMILES string of the molecule is O=C(COc1ccc(Cl)c(Cl)c1)NC12CC(NC(=O)c3cnc(C(F)F)cn3)(C1)C2. The highest BCUT2D eigenvalue weighted by Gasteiger charge is 2.69. The highest BCUT2D eigenvalue weighted by molar-refractivity contribution is 6.42. The molecule has 7 nitrogen and oxygen atoms in total. The molecule has 0 atom stereocenters. The molecule has 3 saturated carbocycles. The Morgan fingerprint density at radius 2 is 1.77 bits per heavy atom. The van der Waals surface area contributed by atoms with Gasteiger partial charge in [0.25, 0.3) is 18.2 Å². The number of ether oxygens (including phenoxy) is 1. The summed E-state index contributed by atoms with van der Waals surface area (Å²) in [6, 6.07) is 4.72. The van der Waals surface area contributed by atoms with Gasteiger partial charge in [-0.15, -0.1) is 0 Å². The van der Waals surface area contributed by atoms with Crippen molar-refractivity contribution >= 4 is 35.0 Å². The van der Waals surface area contributed by atoms with Gasteiger partial charge in [-0.25, -0.2) is 13.8 Å². The Morgan fingerprint density at radius 3 is 2.37 bits per heavy atom. The highest BCUT2D eigenvalue weighted by atomic mass is 35.5. The monoisotopic (exact) mass is 456 g/mol. The van der Waals surface area contributed by atoms with Crippen molar-refractivity contribution in [2.24, 2.45) is 0 Å². The van der Waals surface area contributed by atoms with Gasteiger partial charge in [0.2, 0.25) is 0 Å². The molecule has 0 aliphatic heterocycles. The van der Waals surface area contributed by atoms with Crippen molar-refractivity contribution in [3.8, 4) is 5.75 Å². The van der Waals surface area contributed by atoms with E-state index in [1.54, 1.807) is 12.1 Å². The van der Waals surface area contributed by atoms with Gasteiger partial charge in [-0.3, -0.25) is 14.6 Å². The molecule has 5 rings (SSSR count). The van der Waals surface area contributed by atoms with Crippen LogP contribution in [0.1, 0.15) is 41.9 Å². The Morgan fingerprint density at radius 1 is 1.07 bits per heavy atom. The van der Waals surface area contributed by atoms with Crippen molar-refractivity contribution in [1.29, 1.82) is 0 Å². The van der Waals surface area contributed by atoms with Crippen LogP contribution in [-0.4, -0.2) is 39.5 Å². The number of hydrogen-bond acceptors (Lipinski definition) is 5. The molecule has 2 amide bonds. The Balaban J connectivity index is 1.23. The van der Waals surface area contributed by atoms with Gasteiger partial charge in [-0.05, 0) is 31.4 Å². The van der Waals surface area contributed by atoms with Gasteiger partial charge in [0.05, 0.1) is 22.4 Å². The van der Waals surface area contributed by atoms with Crippen molar-refractivity contribution in [3.63, 3.8) is 0 Å². The summed E-state index contributed by atoms with van der Waals surface area (Å²) >= 11 is 11.7. The topological polar surface area (TPSA) is 93.2 Å². The molecule has 0 unspecified atom stereocenters. The molecule has 2 aromatic rings. The largest absolute Gasteiger partial charge is 0.484 e. The Labute approximate surface area is 180 Å². The average molecular weight is 457 g/mol. The van der Waals surface area contributed by atoms with E-state index in [2.05, 4.69) is 20.6 Å². The molecule has 158 valence electrons. The molecule has 3 aliphatic rings. The predicted octanol–water partition coefficient (Wildman–Crippen LogP) is 3.32. The average Bonchev–Trinajstić information content (AvgIpc) is 2.66. The summed E-state index contributed by atoms with van der Waals surface area (Å²) in [5.74, 6) is -0.333. The van der Waals surface area contributed by atoms with Crippen LogP contribution in [0, 0.1) is 0 Å². The molecule has 2 N–H and O–H groups in total. The van der Waals surface area contributed by atoms with Crippen molar-refractivity contribution in [3.05, 3.63) is 52.0 Å². The summed E-state index contributed by atoms with van der Waals surface area (Å²) in [7, 11) is 0. The number of nitrogens with zero attached hydrogens (tertiary/aromatic N) is 2. The lowest BCUT2D eigenvalue weighted by Crippen LogP contribution is -2.84. The van der Waals surface area contributed by atoms with E-state index in [0.717, 1.165) is 12.4 Å². The molecule has 1 aromatic carbocycles. The number of alkyl halides is 2. The van der Waals surface area contributed by atoms with Crippen molar-refractivity contribution < 1.29 is 23.1 Å². The van der Waals surface area contributed by atoms with E-state index < -0.39 is 23.6 Å². The lowest BCUT2D eigenvalue weighted by Gasteiger charge is -2.70. The second-order valence-electron chi connectivity index (χ2n) is 7.59. The molecule has 1 aromatic heterocycles. The van der Waals surface area contributed by atoms with Gasteiger partial charge in [-0.1, -0.05) is 23.2 Å². The predicted molar refractivity (Wildman–Crippen MR) is 104 cm³/mol. The first kappa shape index (κ1) is 20.7. The van der Waals surface area contributed by atoms with Crippen LogP contribution in [0.3, 0.4) is 0 Å². The van der Waals surface area contributed by atoms with Gasteiger partial charge in [0.1, 0.15) is 17.1 Å². The molecule has 1 heterocycles. The number of hydrogen-bond donors (Lipinski definition) is 2. The van der Waals surface area contributed by atoms with Crippen LogP contribution in [0.4, 0.5) is 8.78 Å². The van der Waals surface area contributed by atoms with Gasteiger partial charge < -0.3 is 15.4 Å². The van der Waals surface area contributed by atoms with Crippen molar-refractivity contribution in [1.82, 2.24) is 20.6 Å². The maximum atomic E-state index is 12.5. The maximum Gasteiger partial charge on any atom is 0.281 e. The number of carbonyl (C=O) groups excluding carboxylic acids is 2. The molecule has 11 heteroatoms.